The molecule has 2 heteroatoms. The first kappa shape index (κ1) is 6.28. The smallest absolute Gasteiger partial charge is 0.129 e. The highest BCUT2D eigenvalue weighted by Gasteiger charge is 1.95. The van der Waals surface area contributed by atoms with Crippen LogP contribution in [0.1, 0.15) is 0 Å². The summed E-state index contributed by atoms with van der Waals surface area (Å²) >= 11 is 0. The van der Waals surface area contributed by atoms with Crippen LogP contribution in [0.15, 0.2) is 24.4 Å². The average Bonchev–Trinajstić information content (AvgIpc) is 2.50. The number of fused-ring (bicyclic) bond motifs is 1. The highest BCUT2D eigenvalue weighted by molar-refractivity contribution is 5.79. The van der Waals surface area contributed by atoms with Crippen molar-refractivity contribution in [2.75, 3.05) is 7.11 Å². The summed E-state index contributed by atoms with van der Waals surface area (Å²) in [6, 6.07) is 8.98. The maximum atomic E-state index is 5.02. The number of methoxy groups -OCH3 is 1. The average molecular weight is 146 g/mol. The topological polar surface area (TPSA) is 25.0 Å². The molecule has 0 bridgehead atoms. The van der Waals surface area contributed by atoms with E-state index in [9.17, 15) is 0 Å². The Morgan fingerprint density at radius 3 is 3.09 bits per heavy atom. The number of aromatic amines is 1. The number of rotatable bonds is 1. The van der Waals surface area contributed by atoms with Crippen LogP contribution in [0.2, 0.25) is 0 Å². The third-order valence-corrected chi connectivity index (χ3v) is 1.66. The molecule has 0 aliphatic rings. The minimum Gasteiger partial charge on any atom is -0.496 e. The quantitative estimate of drug-likeness (QED) is 0.653. The Morgan fingerprint density at radius 2 is 2.27 bits per heavy atom. The van der Waals surface area contributed by atoms with Crippen LogP contribution in [0, 0.1) is 6.07 Å². The third kappa shape index (κ3) is 0.963. The SMILES string of the molecule is COc1[c]c2[nH]ccc2cc1. The van der Waals surface area contributed by atoms with Gasteiger partial charge in [0.2, 0.25) is 0 Å². The molecule has 1 aromatic carbocycles. The van der Waals surface area contributed by atoms with E-state index in [2.05, 4.69) is 11.1 Å². The van der Waals surface area contributed by atoms with Gasteiger partial charge in [-0.15, -0.1) is 0 Å². The van der Waals surface area contributed by atoms with Gasteiger partial charge in [0.15, 0.2) is 0 Å². The third-order valence-electron chi connectivity index (χ3n) is 1.66. The summed E-state index contributed by atoms with van der Waals surface area (Å²) in [4.78, 5) is 3.06. The second kappa shape index (κ2) is 2.31. The van der Waals surface area contributed by atoms with Crippen molar-refractivity contribution in [1.29, 1.82) is 0 Å². The van der Waals surface area contributed by atoms with Crippen LogP contribution in [0.5, 0.6) is 5.75 Å². The zero-order valence-corrected chi connectivity index (χ0v) is 6.22. The van der Waals surface area contributed by atoms with E-state index in [0.29, 0.717) is 0 Å². The van der Waals surface area contributed by atoms with Crippen molar-refractivity contribution in [2.45, 2.75) is 0 Å². The Labute approximate surface area is 64.8 Å². The van der Waals surface area contributed by atoms with Crippen LogP contribution in [-0.2, 0) is 0 Å². The molecule has 0 atom stereocenters. The highest BCUT2D eigenvalue weighted by atomic mass is 16.5. The minimum absolute atomic E-state index is 0.764. The fourth-order valence-electron chi connectivity index (χ4n) is 1.08. The molecule has 2 rings (SSSR count). The standard InChI is InChI=1S/C9H8NO/c1-11-8-3-2-7-4-5-10-9(7)6-8/h2-5,10H,1H3. The molecular weight excluding hydrogens is 138 g/mol. The summed E-state index contributed by atoms with van der Waals surface area (Å²) in [7, 11) is 1.64. The summed E-state index contributed by atoms with van der Waals surface area (Å²) in [6.45, 7) is 0. The number of hydrogen-bond acceptors (Lipinski definition) is 1. The summed E-state index contributed by atoms with van der Waals surface area (Å²) in [5.41, 5.74) is 0.990. The largest absolute Gasteiger partial charge is 0.496 e. The lowest BCUT2D eigenvalue weighted by Gasteiger charge is -1.96. The number of nitrogens with one attached hydrogen (secondary N) is 1. The Balaban J connectivity index is 2.67. The predicted molar refractivity (Wildman–Crippen MR) is 43.7 cm³/mol. The molecule has 11 heavy (non-hydrogen) atoms. The summed E-state index contributed by atoms with van der Waals surface area (Å²) in [5.74, 6) is 0.764. The van der Waals surface area contributed by atoms with Crippen molar-refractivity contribution in [3.8, 4) is 5.75 Å². The second-order valence-corrected chi connectivity index (χ2v) is 2.33. The van der Waals surface area contributed by atoms with Crippen molar-refractivity contribution in [3.05, 3.63) is 30.5 Å². The van der Waals surface area contributed by atoms with Crippen molar-refractivity contribution >= 4 is 10.9 Å². The van der Waals surface area contributed by atoms with Crippen LogP contribution in [-0.4, -0.2) is 12.1 Å². The molecule has 0 aliphatic carbocycles. The van der Waals surface area contributed by atoms with Gasteiger partial charge in [-0.1, -0.05) is 0 Å². The van der Waals surface area contributed by atoms with Gasteiger partial charge in [-0.2, -0.15) is 0 Å². The Hall–Kier alpha value is -1.44. The Kier molecular flexibility index (Phi) is 1.32. The van der Waals surface area contributed by atoms with Gasteiger partial charge in [0, 0.05) is 11.6 Å². The van der Waals surface area contributed by atoms with E-state index in [0.717, 1.165) is 16.7 Å². The van der Waals surface area contributed by atoms with E-state index in [1.54, 1.807) is 7.11 Å². The summed E-state index contributed by atoms with van der Waals surface area (Å²) < 4.78 is 5.02. The zero-order valence-electron chi connectivity index (χ0n) is 6.22. The molecule has 1 N–H and O–H groups in total. The van der Waals surface area contributed by atoms with E-state index in [1.165, 1.54) is 0 Å². The van der Waals surface area contributed by atoms with Gasteiger partial charge in [0.1, 0.15) is 5.75 Å². The molecule has 0 aliphatic heterocycles. The summed E-state index contributed by atoms with van der Waals surface area (Å²) in [6.07, 6.45) is 1.89. The number of benzene rings is 1. The fourth-order valence-corrected chi connectivity index (χ4v) is 1.08. The van der Waals surface area contributed by atoms with Crippen molar-refractivity contribution < 1.29 is 4.74 Å². The van der Waals surface area contributed by atoms with Gasteiger partial charge >= 0.3 is 0 Å². The van der Waals surface area contributed by atoms with Gasteiger partial charge in [-0.25, -0.2) is 0 Å². The normalized spacial score (nSPS) is 10.3. The zero-order chi connectivity index (χ0) is 7.68. The lowest BCUT2D eigenvalue weighted by molar-refractivity contribution is 0.414. The first-order valence-electron chi connectivity index (χ1n) is 3.43. The predicted octanol–water partition coefficient (Wildman–Crippen LogP) is 1.98. The van der Waals surface area contributed by atoms with E-state index in [4.69, 9.17) is 4.74 Å². The van der Waals surface area contributed by atoms with Gasteiger partial charge in [0.05, 0.1) is 18.7 Å². The lowest BCUT2D eigenvalue weighted by Crippen LogP contribution is -1.81. The maximum Gasteiger partial charge on any atom is 0.129 e. The lowest BCUT2D eigenvalue weighted by atomic mass is 10.2. The molecule has 2 nitrogen and oxygen atoms in total. The van der Waals surface area contributed by atoms with Crippen LogP contribution >= 0.6 is 0 Å². The molecular formula is C9H8NO. The first-order chi connectivity index (χ1) is 5.40. The summed E-state index contributed by atoms with van der Waals surface area (Å²) in [5, 5.41) is 1.16. The molecule has 1 heterocycles. The van der Waals surface area contributed by atoms with Crippen LogP contribution in [0.4, 0.5) is 0 Å². The van der Waals surface area contributed by atoms with E-state index in [1.807, 2.05) is 24.4 Å². The minimum atomic E-state index is 0.764. The van der Waals surface area contributed by atoms with E-state index in [-0.39, 0.29) is 0 Å². The monoisotopic (exact) mass is 146 g/mol. The van der Waals surface area contributed by atoms with Gasteiger partial charge in [0.25, 0.3) is 0 Å². The molecule has 1 aromatic heterocycles. The molecule has 1 radical (unpaired) electrons. The molecule has 0 saturated carbocycles. The number of hydrogen-bond donors (Lipinski definition) is 1. The molecule has 2 aromatic rings. The second-order valence-electron chi connectivity index (χ2n) is 2.33. The Morgan fingerprint density at radius 1 is 1.36 bits per heavy atom. The molecule has 0 fully saturated rings. The van der Waals surface area contributed by atoms with Crippen molar-refractivity contribution in [2.24, 2.45) is 0 Å². The molecule has 0 unspecified atom stereocenters. The van der Waals surface area contributed by atoms with Crippen molar-refractivity contribution in [3.63, 3.8) is 0 Å². The molecule has 0 amide bonds. The first-order valence-corrected chi connectivity index (χ1v) is 3.43. The number of ether oxygens (including phenoxy) is 1. The Bertz CT molecular complexity index is 364. The molecule has 0 spiro atoms. The van der Waals surface area contributed by atoms with Gasteiger partial charge in [-0.05, 0) is 18.2 Å². The van der Waals surface area contributed by atoms with Crippen LogP contribution in [0.25, 0.3) is 10.9 Å². The van der Waals surface area contributed by atoms with Gasteiger partial charge < -0.3 is 9.72 Å². The molecule has 55 valence electrons. The van der Waals surface area contributed by atoms with Gasteiger partial charge in [-0.3, -0.25) is 0 Å². The van der Waals surface area contributed by atoms with Crippen molar-refractivity contribution in [1.82, 2.24) is 4.98 Å². The maximum absolute atomic E-state index is 5.02. The fraction of sp³-hybridized carbons (Fsp3) is 0.111. The van der Waals surface area contributed by atoms with E-state index >= 15 is 0 Å². The highest BCUT2D eigenvalue weighted by Crippen LogP contribution is 2.17. The molecule has 0 saturated heterocycles. The number of H-pyrrole nitrogens is 1. The number of aromatic nitrogens is 1. The van der Waals surface area contributed by atoms with Crippen LogP contribution < -0.4 is 4.74 Å². The van der Waals surface area contributed by atoms with E-state index < -0.39 is 0 Å². The van der Waals surface area contributed by atoms with Crippen LogP contribution in [0.3, 0.4) is 0 Å².